The molecule has 0 bridgehead atoms. The molecule has 70 heavy (non-hydrogen) atoms. The molecule has 0 atom stereocenters. The lowest BCUT2D eigenvalue weighted by Gasteiger charge is -2.36. The Bertz CT molecular complexity index is 3470. The first-order valence-corrected chi connectivity index (χ1v) is 25.8. The molecule has 342 valence electrons. The Morgan fingerprint density at radius 2 is 0.829 bits per heavy atom. The van der Waals surface area contributed by atoms with Crippen LogP contribution in [-0.4, -0.2) is 0 Å². The molecular weight excluding hydrogens is 843 g/mol. The van der Waals surface area contributed by atoms with Crippen molar-refractivity contribution in [2.45, 2.75) is 95.3 Å². The monoisotopic (exact) mass is 903 g/mol. The van der Waals surface area contributed by atoms with Crippen LogP contribution in [0.2, 0.25) is 0 Å². The zero-order chi connectivity index (χ0) is 47.6. The van der Waals surface area contributed by atoms with Crippen LogP contribution in [0.5, 0.6) is 0 Å². The van der Waals surface area contributed by atoms with Crippen LogP contribution in [0.1, 0.15) is 118 Å². The molecule has 9 aromatic rings. The van der Waals surface area contributed by atoms with E-state index < -0.39 is 5.41 Å². The molecule has 1 heteroatoms. The molecule has 0 aliphatic heterocycles. The average molecular weight is 904 g/mol. The van der Waals surface area contributed by atoms with E-state index in [0.717, 1.165) is 11.4 Å². The van der Waals surface area contributed by atoms with Crippen molar-refractivity contribution in [3.8, 4) is 55.6 Å². The molecule has 4 aliphatic rings. The predicted octanol–water partition coefficient (Wildman–Crippen LogP) is 18.7. The molecule has 0 unspecified atom stereocenters. The molecule has 9 aromatic carbocycles. The van der Waals surface area contributed by atoms with Crippen LogP contribution in [0.25, 0.3) is 55.6 Å². The fraction of sp³-hybridized carbons (Fsp3) is 0.217. The van der Waals surface area contributed by atoms with Crippen molar-refractivity contribution in [2.24, 2.45) is 0 Å². The summed E-state index contributed by atoms with van der Waals surface area (Å²) >= 11 is 0. The van der Waals surface area contributed by atoms with Gasteiger partial charge in [0, 0.05) is 22.4 Å². The molecule has 0 heterocycles. The van der Waals surface area contributed by atoms with Crippen molar-refractivity contribution in [2.75, 3.05) is 4.90 Å². The number of anilines is 3. The molecule has 1 fully saturated rings. The normalized spacial score (nSPS) is 15.5. The minimum atomic E-state index is -0.518. The van der Waals surface area contributed by atoms with Gasteiger partial charge in [0.05, 0.1) is 11.1 Å². The van der Waals surface area contributed by atoms with E-state index in [4.69, 9.17) is 0 Å². The van der Waals surface area contributed by atoms with Crippen LogP contribution in [-0.2, 0) is 21.7 Å². The summed E-state index contributed by atoms with van der Waals surface area (Å²) in [6, 6.07) is 77.2. The quantitative estimate of drug-likeness (QED) is 0.166. The van der Waals surface area contributed by atoms with Crippen molar-refractivity contribution in [1.82, 2.24) is 0 Å². The van der Waals surface area contributed by atoms with Gasteiger partial charge in [0.25, 0.3) is 0 Å². The second-order valence-corrected chi connectivity index (χ2v) is 22.7. The van der Waals surface area contributed by atoms with Gasteiger partial charge < -0.3 is 4.90 Å². The molecule has 1 saturated carbocycles. The maximum atomic E-state index is 2.57. The Kier molecular flexibility index (Phi) is 9.58. The van der Waals surface area contributed by atoms with E-state index in [1.54, 1.807) is 0 Å². The van der Waals surface area contributed by atoms with Crippen molar-refractivity contribution in [3.63, 3.8) is 0 Å². The molecule has 0 amide bonds. The summed E-state index contributed by atoms with van der Waals surface area (Å²) in [4.78, 5) is 2.56. The number of rotatable bonds is 5. The molecular formula is C69H61N. The minimum Gasteiger partial charge on any atom is -0.310 e. The SMILES string of the molecule is CC(C)(C)c1ccc2c(c1)C1(c3ccccc3-c3ccc(N(c4ccc(-c5ccccc5)cc4)c4ccccc4-c4cccc5c4-c4ccccc4C54CCCCC4)cc31)c1cc(C(C)(C)C)ccc1-2. The Morgan fingerprint density at radius 3 is 1.49 bits per heavy atom. The smallest absolute Gasteiger partial charge is 0.0726 e. The Morgan fingerprint density at radius 1 is 0.343 bits per heavy atom. The lowest BCUT2D eigenvalue weighted by molar-refractivity contribution is 0.353. The van der Waals surface area contributed by atoms with Gasteiger partial charge in [0.1, 0.15) is 0 Å². The molecule has 4 aliphatic carbocycles. The second-order valence-electron chi connectivity index (χ2n) is 22.7. The molecule has 0 saturated heterocycles. The van der Waals surface area contributed by atoms with E-state index in [9.17, 15) is 0 Å². The van der Waals surface area contributed by atoms with Gasteiger partial charge in [-0.3, -0.25) is 0 Å². The van der Waals surface area contributed by atoms with E-state index >= 15 is 0 Å². The Hall–Kier alpha value is -7.22. The zero-order valence-corrected chi connectivity index (χ0v) is 41.5. The van der Waals surface area contributed by atoms with Gasteiger partial charge in [0.2, 0.25) is 0 Å². The largest absolute Gasteiger partial charge is 0.310 e. The van der Waals surface area contributed by atoms with Crippen molar-refractivity contribution in [1.29, 1.82) is 0 Å². The third-order valence-electron chi connectivity index (χ3n) is 16.8. The van der Waals surface area contributed by atoms with E-state index in [1.807, 2.05) is 0 Å². The van der Waals surface area contributed by atoms with Crippen molar-refractivity contribution < 1.29 is 0 Å². The maximum Gasteiger partial charge on any atom is 0.0726 e. The summed E-state index contributed by atoms with van der Waals surface area (Å²) in [5, 5.41) is 0. The van der Waals surface area contributed by atoms with Gasteiger partial charge in [0.15, 0.2) is 0 Å². The highest BCUT2D eigenvalue weighted by Gasteiger charge is 2.53. The third-order valence-corrected chi connectivity index (χ3v) is 16.8. The molecule has 2 spiro atoms. The summed E-state index contributed by atoms with van der Waals surface area (Å²) < 4.78 is 0. The van der Waals surface area contributed by atoms with Crippen molar-refractivity contribution >= 4 is 17.1 Å². The van der Waals surface area contributed by atoms with Gasteiger partial charge in [-0.1, -0.05) is 231 Å². The highest BCUT2D eigenvalue weighted by molar-refractivity contribution is 6.00. The number of para-hydroxylation sites is 1. The van der Waals surface area contributed by atoms with E-state index in [1.165, 1.54) is 138 Å². The van der Waals surface area contributed by atoms with Crippen LogP contribution >= 0.6 is 0 Å². The van der Waals surface area contributed by atoms with Gasteiger partial charge in [-0.2, -0.15) is 0 Å². The number of nitrogens with zero attached hydrogens (tertiary/aromatic N) is 1. The summed E-state index contributed by atoms with van der Waals surface area (Å²) in [5.41, 5.74) is 27.3. The summed E-state index contributed by atoms with van der Waals surface area (Å²) in [6.45, 7) is 14.1. The van der Waals surface area contributed by atoms with Crippen LogP contribution in [0.4, 0.5) is 17.1 Å². The van der Waals surface area contributed by atoms with Crippen LogP contribution < -0.4 is 4.90 Å². The fourth-order valence-electron chi connectivity index (χ4n) is 13.4. The fourth-order valence-corrected chi connectivity index (χ4v) is 13.4. The topological polar surface area (TPSA) is 3.24 Å². The van der Waals surface area contributed by atoms with Crippen LogP contribution in [0, 0.1) is 0 Å². The molecule has 13 rings (SSSR count). The van der Waals surface area contributed by atoms with Crippen LogP contribution in [0.15, 0.2) is 200 Å². The van der Waals surface area contributed by atoms with Gasteiger partial charge in [-0.15, -0.1) is 0 Å². The Labute approximate surface area is 415 Å². The lowest BCUT2D eigenvalue weighted by atomic mass is 9.68. The first kappa shape index (κ1) is 42.8. The Balaban J connectivity index is 1.08. The summed E-state index contributed by atoms with van der Waals surface area (Å²) in [7, 11) is 0. The van der Waals surface area contributed by atoms with Crippen LogP contribution in [0.3, 0.4) is 0 Å². The molecule has 0 N–H and O–H groups in total. The van der Waals surface area contributed by atoms with E-state index in [0.29, 0.717) is 0 Å². The average Bonchev–Trinajstić information content (AvgIpc) is 3.96. The maximum absolute atomic E-state index is 2.57. The third kappa shape index (κ3) is 6.23. The summed E-state index contributed by atoms with van der Waals surface area (Å²) in [5.74, 6) is 0. The molecule has 0 aromatic heterocycles. The summed E-state index contributed by atoms with van der Waals surface area (Å²) in [6.07, 6.45) is 6.29. The number of fused-ring (bicyclic) bond motifs is 15. The van der Waals surface area contributed by atoms with Gasteiger partial charge in [-0.05, 0) is 149 Å². The van der Waals surface area contributed by atoms with E-state index in [-0.39, 0.29) is 16.2 Å². The van der Waals surface area contributed by atoms with Gasteiger partial charge >= 0.3 is 0 Å². The number of hydrogen-bond acceptors (Lipinski definition) is 1. The predicted molar refractivity (Wildman–Crippen MR) is 295 cm³/mol. The standard InChI is InChI=1S/C69H61N/c1-66(2,3)47-32-37-52-53-38-33-48(67(4,5)6)43-62(53)69(61(52)42-47)59-27-15-11-22-51(59)54-39-36-50(44-63(54)69)70(49-34-30-46(31-35-49)45-20-9-7-10-21-45)64-29-16-13-23-55(64)56-25-19-28-60-65(56)57-24-12-14-26-58(57)68(60)40-17-8-18-41-68/h7,9-16,19-39,42-44H,8,17-18,40-41H2,1-6H3. The zero-order valence-electron chi connectivity index (χ0n) is 41.5. The molecule has 0 radical (unpaired) electrons. The second kappa shape index (κ2) is 15.6. The minimum absolute atomic E-state index is 0.0223. The van der Waals surface area contributed by atoms with E-state index in [2.05, 4.69) is 247 Å². The number of hydrogen-bond donors (Lipinski definition) is 0. The first-order valence-electron chi connectivity index (χ1n) is 25.8. The van der Waals surface area contributed by atoms with Gasteiger partial charge in [-0.25, -0.2) is 0 Å². The molecule has 1 nitrogen and oxygen atoms in total. The number of benzene rings is 9. The highest BCUT2D eigenvalue weighted by atomic mass is 15.1. The first-order chi connectivity index (χ1) is 34.0. The lowest BCUT2D eigenvalue weighted by Crippen LogP contribution is -2.28. The highest BCUT2D eigenvalue weighted by Crippen LogP contribution is 2.65. The van der Waals surface area contributed by atoms with Crippen molar-refractivity contribution in [3.05, 3.63) is 245 Å².